The van der Waals surface area contributed by atoms with Crippen LogP contribution < -0.4 is 5.32 Å². The standard InChI is InChI=1S/C9H13BrN4O/c1-5-3-6(4-5)11-9(15)7-8(10)12-13-14(7)2/h5-6H,3-4H2,1-2H3,(H,11,15). The zero-order valence-corrected chi connectivity index (χ0v) is 10.3. The Hall–Kier alpha value is -0.910. The maximum Gasteiger partial charge on any atom is 0.272 e. The molecule has 0 atom stereocenters. The van der Waals surface area contributed by atoms with Crippen LogP contribution in [-0.2, 0) is 7.05 Å². The first-order valence-electron chi connectivity index (χ1n) is 4.94. The lowest BCUT2D eigenvalue weighted by atomic mass is 9.82. The van der Waals surface area contributed by atoms with Crippen molar-refractivity contribution >= 4 is 21.8 Å². The summed E-state index contributed by atoms with van der Waals surface area (Å²) >= 11 is 3.20. The Bertz CT molecular complexity index is 364. The van der Waals surface area contributed by atoms with Crippen molar-refractivity contribution < 1.29 is 4.79 Å². The average Bonchev–Trinajstić information content (AvgIpc) is 2.43. The van der Waals surface area contributed by atoms with Gasteiger partial charge < -0.3 is 5.32 Å². The first-order valence-corrected chi connectivity index (χ1v) is 5.73. The van der Waals surface area contributed by atoms with Crippen molar-refractivity contribution in [3.05, 3.63) is 10.3 Å². The van der Waals surface area contributed by atoms with Crippen LogP contribution in [0.2, 0.25) is 0 Å². The Balaban J connectivity index is 2.02. The Morgan fingerprint density at radius 3 is 2.73 bits per heavy atom. The highest BCUT2D eigenvalue weighted by Crippen LogP contribution is 2.26. The van der Waals surface area contributed by atoms with Crippen molar-refractivity contribution in [1.29, 1.82) is 0 Å². The van der Waals surface area contributed by atoms with Crippen LogP contribution in [0.3, 0.4) is 0 Å². The highest BCUT2D eigenvalue weighted by Gasteiger charge is 2.28. The van der Waals surface area contributed by atoms with Crippen molar-refractivity contribution in [2.45, 2.75) is 25.8 Å². The van der Waals surface area contributed by atoms with Gasteiger partial charge in [0.2, 0.25) is 0 Å². The van der Waals surface area contributed by atoms with Gasteiger partial charge in [-0.1, -0.05) is 12.1 Å². The summed E-state index contributed by atoms with van der Waals surface area (Å²) in [6.45, 7) is 2.18. The lowest BCUT2D eigenvalue weighted by Gasteiger charge is -2.33. The van der Waals surface area contributed by atoms with Gasteiger partial charge in [-0.25, -0.2) is 4.68 Å². The number of nitrogens with zero attached hydrogens (tertiary/aromatic N) is 3. The van der Waals surface area contributed by atoms with Crippen molar-refractivity contribution in [2.24, 2.45) is 13.0 Å². The Labute approximate surface area is 96.4 Å². The molecule has 82 valence electrons. The summed E-state index contributed by atoms with van der Waals surface area (Å²) in [5, 5.41) is 10.5. The molecule has 0 saturated heterocycles. The van der Waals surface area contributed by atoms with Gasteiger partial charge in [-0.2, -0.15) is 0 Å². The minimum atomic E-state index is -0.105. The number of nitrogens with one attached hydrogen (secondary N) is 1. The third-order valence-electron chi connectivity index (χ3n) is 2.71. The van der Waals surface area contributed by atoms with E-state index >= 15 is 0 Å². The van der Waals surface area contributed by atoms with Crippen LogP contribution in [0.5, 0.6) is 0 Å². The molecule has 0 aromatic carbocycles. The van der Waals surface area contributed by atoms with E-state index in [0.717, 1.165) is 18.8 Å². The fourth-order valence-electron chi connectivity index (χ4n) is 1.85. The Kier molecular flexibility index (Phi) is 2.77. The van der Waals surface area contributed by atoms with Crippen molar-refractivity contribution in [2.75, 3.05) is 0 Å². The fourth-order valence-corrected chi connectivity index (χ4v) is 2.35. The smallest absolute Gasteiger partial charge is 0.272 e. The predicted molar refractivity (Wildman–Crippen MR) is 58.4 cm³/mol. The lowest BCUT2D eigenvalue weighted by Crippen LogP contribution is -2.44. The molecule has 1 aromatic heterocycles. The van der Waals surface area contributed by atoms with Gasteiger partial charge in [-0.3, -0.25) is 4.79 Å². The summed E-state index contributed by atoms with van der Waals surface area (Å²) in [7, 11) is 1.70. The van der Waals surface area contributed by atoms with E-state index in [9.17, 15) is 4.79 Å². The first-order chi connectivity index (χ1) is 7.08. The molecule has 1 aliphatic rings. The van der Waals surface area contributed by atoms with E-state index in [1.54, 1.807) is 7.05 Å². The summed E-state index contributed by atoms with van der Waals surface area (Å²) in [4.78, 5) is 11.8. The van der Waals surface area contributed by atoms with Gasteiger partial charge in [0.25, 0.3) is 5.91 Å². The molecule has 6 heteroatoms. The number of aryl methyl sites for hydroxylation is 1. The molecule has 1 amide bonds. The molecule has 0 unspecified atom stereocenters. The molecular weight excluding hydrogens is 260 g/mol. The summed E-state index contributed by atoms with van der Waals surface area (Å²) in [5.74, 6) is 0.620. The molecule has 0 radical (unpaired) electrons. The van der Waals surface area contributed by atoms with Gasteiger partial charge in [-0.05, 0) is 34.7 Å². The van der Waals surface area contributed by atoms with Crippen LogP contribution in [0.1, 0.15) is 30.3 Å². The van der Waals surface area contributed by atoms with E-state index < -0.39 is 0 Å². The van der Waals surface area contributed by atoms with E-state index in [-0.39, 0.29) is 5.91 Å². The topological polar surface area (TPSA) is 59.8 Å². The predicted octanol–water partition coefficient (Wildman–Crippen LogP) is 1.11. The quantitative estimate of drug-likeness (QED) is 0.878. The molecule has 1 aromatic rings. The van der Waals surface area contributed by atoms with E-state index in [4.69, 9.17) is 0 Å². The molecule has 1 heterocycles. The number of rotatable bonds is 2. The molecule has 1 saturated carbocycles. The fraction of sp³-hybridized carbons (Fsp3) is 0.667. The van der Waals surface area contributed by atoms with Crippen LogP contribution in [-0.4, -0.2) is 26.9 Å². The largest absolute Gasteiger partial charge is 0.348 e. The van der Waals surface area contributed by atoms with Gasteiger partial charge in [0.1, 0.15) is 0 Å². The van der Waals surface area contributed by atoms with Crippen LogP contribution in [0, 0.1) is 5.92 Å². The minimum absolute atomic E-state index is 0.105. The van der Waals surface area contributed by atoms with Gasteiger partial charge >= 0.3 is 0 Å². The van der Waals surface area contributed by atoms with E-state index in [2.05, 4.69) is 38.5 Å². The lowest BCUT2D eigenvalue weighted by molar-refractivity contribution is 0.0885. The zero-order chi connectivity index (χ0) is 11.0. The maximum absolute atomic E-state index is 11.8. The third kappa shape index (κ3) is 2.04. The van der Waals surface area contributed by atoms with Gasteiger partial charge in [0.15, 0.2) is 10.3 Å². The SMILES string of the molecule is CC1CC(NC(=O)c2c(Br)nnn2C)C1. The molecule has 5 nitrogen and oxygen atoms in total. The number of halogens is 1. The molecule has 2 rings (SSSR count). The van der Waals surface area contributed by atoms with Crippen LogP contribution >= 0.6 is 15.9 Å². The zero-order valence-electron chi connectivity index (χ0n) is 8.70. The molecule has 1 N–H and O–H groups in total. The number of hydrogen-bond donors (Lipinski definition) is 1. The molecule has 0 bridgehead atoms. The molecule has 15 heavy (non-hydrogen) atoms. The van der Waals surface area contributed by atoms with Crippen LogP contribution in [0.15, 0.2) is 4.60 Å². The highest BCUT2D eigenvalue weighted by atomic mass is 79.9. The second-order valence-corrected chi connectivity index (χ2v) is 4.85. The maximum atomic E-state index is 11.8. The Morgan fingerprint density at radius 1 is 1.60 bits per heavy atom. The second kappa shape index (κ2) is 3.92. The van der Waals surface area contributed by atoms with Gasteiger partial charge in [0, 0.05) is 13.1 Å². The number of hydrogen-bond acceptors (Lipinski definition) is 3. The molecule has 1 aliphatic carbocycles. The third-order valence-corrected chi connectivity index (χ3v) is 3.24. The van der Waals surface area contributed by atoms with E-state index in [1.807, 2.05) is 0 Å². The second-order valence-electron chi connectivity index (χ2n) is 4.10. The summed E-state index contributed by atoms with van der Waals surface area (Å²) in [6.07, 6.45) is 2.13. The molecule has 1 fully saturated rings. The van der Waals surface area contributed by atoms with Crippen molar-refractivity contribution in [3.63, 3.8) is 0 Å². The number of carbonyl (C=O) groups is 1. The highest BCUT2D eigenvalue weighted by molar-refractivity contribution is 9.10. The monoisotopic (exact) mass is 272 g/mol. The molecule has 0 aliphatic heterocycles. The molecular formula is C9H13BrN4O. The van der Waals surface area contributed by atoms with Crippen molar-refractivity contribution in [1.82, 2.24) is 20.3 Å². The van der Waals surface area contributed by atoms with E-state index in [1.165, 1.54) is 4.68 Å². The van der Waals surface area contributed by atoms with Gasteiger partial charge in [0.05, 0.1) is 0 Å². The average molecular weight is 273 g/mol. The first kappa shape index (κ1) is 10.6. The summed E-state index contributed by atoms with van der Waals surface area (Å²) in [5.41, 5.74) is 0.481. The van der Waals surface area contributed by atoms with Crippen LogP contribution in [0.4, 0.5) is 0 Å². The number of aromatic nitrogens is 3. The number of amides is 1. The van der Waals surface area contributed by atoms with Gasteiger partial charge in [-0.15, -0.1) is 5.10 Å². The summed E-state index contributed by atoms with van der Waals surface area (Å²) < 4.78 is 1.97. The summed E-state index contributed by atoms with van der Waals surface area (Å²) in [6, 6.07) is 0.314. The number of carbonyl (C=O) groups excluding carboxylic acids is 1. The molecule has 0 spiro atoms. The minimum Gasteiger partial charge on any atom is -0.348 e. The Morgan fingerprint density at radius 2 is 2.27 bits per heavy atom. The normalized spacial score (nSPS) is 24.7. The van der Waals surface area contributed by atoms with Crippen LogP contribution in [0.25, 0.3) is 0 Å². The van der Waals surface area contributed by atoms with Crippen molar-refractivity contribution in [3.8, 4) is 0 Å². The van der Waals surface area contributed by atoms with E-state index in [0.29, 0.717) is 16.3 Å².